The Hall–Kier alpha value is -3.16. The van der Waals surface area contributed by atoms with Crippen LogP contribution in [-0.4, -0.2) is 27.5 Å². The molecule has 4 rings (SSSR count). The van der Waals surface area contributed by atoms with E-state index in [2.05, 4.69) is 25.3 Å². The molecular weight excluding hydrogens is 344 g/mol. The minimum absolute atomic E-state index is 0.455. The third-order valence-electron chi connectivity index (χ3n) is 4.92. The predicted octanol–water partition coefficient (Wildman–Crippen LogP) is 2.57. The van der Waals surface area contributed by atoms with Crippen molar-refractivity contribution < 1.29 is 14.5 Å². The van der Waals surface area contributed by atoms with Gasteiger partial charge in [-0.25, -0.2) is 15.3 Å². The van der Waals surface area contributed by atoms with Crippen LogP contribution in [-0.2, 0) is 0 Å². The van der Waals surface area contributed by atoms with Gasteiger partial charge in [-0.15, -0.1) is 0 Å². The molecule has 1 saturated carbocycles. The summed E-state index contributed by atoms with van der Waals surface area (Å²) in [5.74, 6) is 1.28. The van der Waals surface area contributed by atoms with Crippen molar-refractivity contribution in [3.05, 3.63) is 36.2 Å². The molecule has 1 aromatic carbocycles. The summed E-state index contributed by atoms with van der Waals surface area (Å²) in [5, 5.41) is 3.18. The fourth-order valence-corrected chi connectivity index (χ4v) is 3.42. The Labute approximate surface area is 156 Å². The second-order valence-electron chi connectivity index (χ2n) is 6.90. The number of rotatable bonds is 6. The van der Waals surface area contributed by atoms with E-state index in [-0.39, 0.29) is 0 Å². The number of nitrogens with one attached hydrogen (secondary N) is 3. The third-order valence-corrected chi connectivity index (χ3v) is 4.92. The highest BCUT2D eigenvalue weighted by molar-refractivity contribution is 5.93. The van der Waals surface area contributed by atoms with Gasteiger partial charge in [-0.2, -0.15) is 0 Å². The molecule has 8 nitrogen and oxygen atoms in total. The topological polar surface area (TPSA) is 120 Å². The number of imidazole rings is 1. The molecule has 0 bridgehead atoms. The standard InChI is InChI=1S/C19H22N6O2/c20-16(26)13-6-8-14(9-7-13)23-19-24-17-15(21-11-22-17)18(25-19)27-10-12-4-2-1-3-5-12/h6-9,11-12H,1-5,10H2,(H2,20,26)(H2,21,22,23,24,25)/p+1. The van der Waals surface area contributed by atoms with E-state index in [9.17, 15) is 4.79 Å². The van der Waals surface area contributed by atoms with E-state index in [1.54, 1.807) is 30.6 Å². The number of nitrogens with zero attached hydrogens (tertiary/aromatic N) is 2. The van der Waals surface area contributed by atoms with Crippen LogP contribution >= 0.6 is 0 Å². The number of hydrogen-bond acceptors (Lipinski definition) is 5. The van der Waals surface area contributed by atoms with E-state index in [1.807, 2.05) is 0 Å². The molecule has 1 fully saturated rings. The van der Waals surface area contributed by atoms with Crippen molar-refractivity contribution in [1.29, 1.82) is 0 Å². The maximum Gasteiger partial charge on any atom is 0.399 e. The van der Waals surface area contributed by atoms with Crippen LogP contribution in [0.1, 0.15) is 42.5 Å². The number of aromatic amines is 2. The summed E-state index contributed by atoms with van der Waals surface area (Å²) in [4.78, 5) is 26.2. The smallest absolute Gasteiger partial charge is 0.399 e. The van der Waals surface area contributed by atoms with E-state index < -0.39 is 5.91 Å². The summed E-state index contributed by atoms with van der Waals surface area (Å²) >= 11 is 0. The lowest BCUT2D eigenvalue weighted by atomic mass is 9.90. The van der Waals surface area contributed by atoms with Crippen LogP contribution in [0.4, 0.5) is 11.6 Å². The average Bonchev–Trinajstić information content (AvgIpc) is 3.16. The number of fused-ring (bicyclic) bond motifs is 1. The molecule has 0 atom stereocenters. The summed E-state index contributed by atoms with van der Waals surface area (Å²) in [6.07, 6.45) is 7.92. The van der Waals surface area contributed by atoms with Crippen molar-refractivity contribution in [2.45, 2.75) is 32.1 Å². The van der Waals surface area contributed by atoms with Crippen LogP contribution in [0.5, 0.6) is 5.88 Å². The number of primary amides is 1. The van der Waals surface area contributed by atoms with Gasteiger partial charge in [-0.3, -0.25) is 4.79 Å². The second kappa shape index (κ2) is 7.61. The molecule has 3 aromatic rings. The van der Waals surface area contributed by atoms with Crippen LogP contribution in [0.3, 0.4) is 0 Å². The molecule has 0 radical (unpaired) electrons. The Morgan fingerprint density at radius 1 is 1.26 bits per heavy atom. The molecule has 5 N–H and O–H groups in total. The van der Waals surface area contributed by atoms with Crippen LogP contribution in [0.25, 0.3) is 11.2 Å². The molecule has 0 spiro atoms. The number of ether oxygens (including phenoxy) is 1. The SMILES string of the molecule is NC(=O)c1ccc(Nc2nc3nc[nH]c3c(OCC3CCCCC3)[nH+]2)cc1. The van der Waals surface area contributed by atoms with Gasteiger partial charge >= 0.3 is 5.95 Å². The van der Waals surface area contributed by atoms with E-state index >= 15 is 0 Å². The Balaban J connectivity index is 1.53. The van der Waals surface area contributed by atoms with E-state index in [0.29, 0.717) is 35.6 Å². The third kappa shape index (κ3) is 3.99. The number of nitrogens with two attached hydrogens (primary N) is 1. The Bertz CT molecular complexity index is 931. The maximum atomic E-state index is 11.2. The molecule has 1 aliphatic rings. The number of benzene rings is 1. The number of anilines is 2. The Morgan fingerprint density at radius 3 is 2.78 bits per heavy atom. The average molecular weight is 367 g/mol. The largest absolute Gasteiger partial charge is 0.466 e. The van der Waals surface area contributed by atoms with Crippen molar-refractivity contribution >= 4 is 28.7 Å². The fourth-order valence-electron chi connectivity index (χ4n) is 3.42. The lowest BCUT2D eigenvalue weighted by Crippen LogP contribution is -2.21. The molecule has 0 aliphatic heterocycles. The number of carbonyl (C=O) groups is 1. The first kappa shape index (κ1) is 17.3. The van der Waals surface area contributed by atoms with E-state index in [4.69, 9.17) is 10.5 Å². The maximum absolute atomic E-state index is 11.2. The molecule has 2 aromatic heterocycles. The summed E-state index contributed by atoms with van der Waals surface area (Å²) in [7, 11) is 0. The summed E-state index contributed by atoms with van der Waals surface area (Å²) in [5.41, 5.74) is 7.83. The van der Waals surface area contributed by atoms with Gasteiger partial charge in [0.25, 0.3) is 11.5 Å². The van der Waals surface area contributed by atoms with Crippen LogP contribution in [0, 0.1) is 5.92 Å². The van der Waals surface area contributed by atoms with Crippen molar-refractivity contribution in [1.82, 2.24) is 15.0 Å². The van der Waals surface area contributed by atoms with Crippen molar-refractivity contribution in [3.8, 4) is 5.88 Å². The van der Waals surface area contributed by atoms with E-state index in [0.717, 1.165) is 11.2 Å². The quantitative estimate of drug-likeness (QED) is 0.618. The zero-order valence-electron chi connectivity index (χ0n) is 15.0. The summed E-state index contributed by atoms with van der Waals surface area (Å²) < 4.78 is 6.08. The Morgan fingerprint density at radius 2 is 2.04 bits per heavy atom. The number of aromatic nitrogens is 4. The molecule has 8 heteroatoms. The second-order valence-corrected chi connectivity index (χ2v) is 6.90. The van der Waals surface area contributed by atoms with Gasteiger partial charge in [0.05, 0.1) is 18.6 Å². The minimum Gasteiger partial charge on any atom is -0.466 e. The highest BCUT2D eigenvalue weighted by Crippen LogP contribution is 2.25. The molecule has 2 heterocycles. The number of carbonyl (C=O) groups excluding carboxylic acids is 1. The molecule has 0 saturated heterocycles. The zero-order valence-corrected chi connectivity index (χ0v) is 15.0. The van der Waals surface area contributed by atoms with Gasteiger partial charge in [0, 0.05) is 5.56 Å². The van der Waals surface area contributed by atoms with Gasteiger partial charge in [-0.05, 0) is 48.0 Å². The van der Waals surface area contributed by atoms with Gasteiger partial charge in [0.15, 0.2) is 5.52 Å². The predicted molar refractivity (Wildman–Crippen MR) is 101 cm³/mol. The lowest BCUT2D eigenvalue weighted by molar-refractivity contribution is -0.380. The molecule has 0 unspecified atom stereocenters. The molecule has 140 valence electrons. The normalized spacial score (nSPS) is 15.0. The van der Waals surface area contributed by atoms with Crippen LogP contribution in [0.15, 0.2) is 30.6 Å². The first-order valence-electron chi connectivity index (χ1n) is 9.25. The number of hydrogen-bond donors (Lipinski definition) is 3. The van der Waals surface area contributed by atoms with Gasteiger partial charge in [-0.1, -0.05) is 19.3 Å². The van der Waals surface area contributed by atoms with Crippen molar-refractivity contribution in [2.75, 3.05) is 11.9 Å². The van der Waals surface area contributed by atoms with Gasteiger partial charge < -0.3 is 15.5 Å². The first-order valence-corrected chi connectivity index (χ1v) is 9.25. The van der Waals surface area contributed by atoms with Crippen molar-refractivity contribution in [2.24, 2.45) is 11.7 Å². The summed E-state index contributed by atoms with van der Waals surface area (Å²) in [6.45, 7) is 0.682. The Kier molecular flexibility index (Phi) is 4.86. The van der Waals surface area contributed by atoms with Gasteiger partial charge in [0.2, 0.25) is 5.91 Å². The zero-order chi connectivity index (χ0) is 18.6. The summed E-state index contributed by atoms with van der Waals surface area (Å²) in [6, 6.07) is 6.87. The number of H-pyrrole nitrogens is 2. The van der Waals surface area contributed by atoms with E-state index in [1.165, 1.54) is 32.1 Å². The highest BCUT2D eigenvalue weighted by Gasteiger charge is 2.20. The van der Waals surface area contributed by atoms with Crippen molar-refractivity contribution in [3.63, 3.8) is 0 Å². The van der Waals surface area contributed by atoms with Crippen LogP contribution in [0.2, 0.25) is 0 Å². The molecular formula is C19H23N6O2+. The van der Waals surface area contributed by atoms with Gasteiger partial charge in [0.1, 0.15) is 0 Å². The minimum atomic E-state index is -0.456. The molecule has 27 heavy (non-hydrogen) atoms. The monoisotopic (exact) mass is 367 g/mol. The molecule has 1 amide bonds. The first-order chi connectivity index (χ1) is 13.2. The molecule has 1 aliphatic carbocycles. The fraction of sp³-hybridized carbons (Fsp3) is 0.368. The number of amides is 1. The highest BCUT2D eigenvalue weighted by atomic mass is 16.5. The lowest BCUT2D eigenvalue weighted by Gasteiger charge is -2.21. The van der Waals surface area contributed by atoms with Crippen LogP contribution < -0.4 is 20.8 Å².